The van der Waals surface area contributed by atoms with Crippen molar-refractivity contribution in [2.45, 2.75) is 33.8 Å². The third-order valence-corrected chi connectivity index (χ3v) is 4.57. The second-order valence-electron chi connectivity index (χ2n) is 7.33. The normalized spacial score (nSPS) is 14.1. The van der Waals surface area contributed by atoms with Gasteiger partial charge in [0.1, 0.15) is 11.4 Å². The van der Waals surface area contributed by atoms with Crippen molar-refractivity contribution in [3.05, 3.63) is 41.7 Å². The van der Waals surface area contributed by atoms with E-state index in [4.69, 9.17) is 4.74 Å². The summed E-state index contributed by atoms with van der Waals surface area (Å²) in [6.45, 7) is 9.87. The van der Waals surface area contributed by atoms with Crippen molar-refractivity contribution in [3.63, 3.8) is 0 Å². The molecular formula is C21H27N5O3. The maximum atomic E-state index is 12.7. The van der Waals surface area contributed by atoms with Crippen LogP contribution in [0.25, 0.3) is 0 Å². The molecule has 0 atom stereocenters. The second kappa shape index (κ2) is 8.89. The van der Waals surface area contributed by atoms with Gasteiger partial charge in [-0.1, -0.05) is 0 Å². The zero-order valence-corrected chi connectivity index (χ0v) is 17.3. The maximum absolute atomic E-state index is 12.7. The molecule has 8 heteroatoms. The van der Waals surface area contributed by atoms with Crippen molar-refractivity contribution in [1.29, 1.82) is 0 Å². The summed E-state index contributed by atoms with van der Waals surface area (Å²) in [6.07, 6.45) is 0.0927. The van der Waals surface area contributed by atoms with E-state index >= 15 is 0 Å². The molecule has 0 aliphatic carbocycles. The van der Waals surface area contributed by atoms with Crippen LogP contribution in [0, 0.1) is 6.92 Å². The molecule has 0 radical (unpaired) electrons. The maximum Gasteiger partial charge on any atom is 0.274 e. The molecule has 1 aliphatic heterocycles. The van der Waals surface area contributed by atoms with Gasteiger partial charge in [0.15, 0.2) is 0 Å². The molecule has 8 nitrogen and oxygen atoms in total. The van der Waals surface area contributed by atoms with Crippen LogP contribution in [-0.4, -0.2) is 59.0 Å². The Balaban J connectivity index is 1.69. The molecule has 1 aliphatic rings. The number of aromatic nitrogens is 2. The number of rotatable bonds is 5. The Morgan fingerprint density at radius 1 is 1.07 bits per heavy atom. The summed E-state index contributed by atoms with van der Waals surface area (Å²) in [6, 6.07) is 8.90. The van der Waals surface area contributed by atoms with Gasteiger partial charge in [0.05, 0.1) is 6.10 Å². The van der Waals surface area contributed by atoms with Crippen LogP contribution in [0.5, 0.6) is 5.75 Å². The molecule has 1 aromatic heterocycles. The molecule has 1 N–H and O–H groups in total. The first-order chi connectivity index (χ1) is 13.8. The lowest BCUT2D eigenvalue weighted by Crippen LogP contribution is -2.48. The smallest absolute Gasteiger partial charge is 0.274 e. The molecular weight excluding hydrogens is 370 g/mol. The summed E-state index contributed by atoms with van der Waals surface area (Å²) in [5.41, 5.74) is 1.69. The van der Waals surface area contributed by atoms with Gasteiger partial charge in [-0.05, 0) is 51.1 Å². The quantitative estimate of drug-likeness (QED) is 0.834. The minimum atomic E-state index is -0.295. The summed E-state index contributed by atoms with van der Waals surface area (Å²) < 4.78 is 5.62. The van der Waals surface area contributed by atoms with E-state index in [1.54, 1.807) is 30.0 Å². The van der Waals surface area contributed by atoms with Crippen LogP contribution in [-0.2, 0) is 4.79 Å². The van der Waals surface area contributed by atoms with Gasteiger partial charge in [-0.15, -0.1) is 0 Å². The van der Waals surface area contributed by atoms with E-state index in [1.807, 2.05) is 37.8 Å². The van der Waals surface area contributed by atoms with Crippen LogP contribution < -0.4 is 15.0 Å². The monoisotopic (exact) mass is 397 g/mol. The van der Waals surface area contributed by atoms with Crippen LogP contribution in [0.2, 0.25) is 0 Å². The SMILES string of the molecule is CC(=O)N1CCN(c2nc(C)cc(C(=O)Nc3ccc(OC(C)C)cc3)n2)CC1. The molecule has 29 heavy (non-hydrogen) atoms. The number of anilines is 2. The van der Waals surface area contributed by atoms with Crippen molar-refractivity contribution >= 4 is 23.5 Å². The molecule has 154 valence electrons. The fraction of sp³-hybridized carbons (Fsp3) is 0.429. The average Bonchev–Trinajstić information content (AvgIpc) is 2.68. The van der Waals surface area contributed by atoms with E-state index in [0.29, 0.717) is 43.5 Å². The Morgan fingerprint density at radius 2 is 1.72 bits per heavy atom. The Hall–Kier alpha value is -3.16. The van der Waals surface area contributed by atoms with Gasteiger partial charge in [0, 0.05) is 44.5 Å². The molecule has 2 amide bonds. The van der Waals surface area contributed by atoms with Gasteiger partial charge in [-0.3, -0.25) is 9.59 Å². The van der Waals surface area contributed by atoms with E-state index in [1.165, 1.54) is 0 Å². The molecule has 1 fully saturated rings. The zero-order chi connectivity index (χ0) is 21.0. The van der Waals surface area contributed by atoms with E-state index in [2.05, 4.69) is 15.3 Å². The molecule has 0 spiro atoms. The van der Waals surface area contributed by atoms with E-state index in [-0.39, 0.29) is 17.9 Å². The molecule has 0 bridgehead atoms. The van der Waals surface area contributed by atoms with Crippen LogP contribution in [0.4, 0.5) is 11.6 Å². The Bertz CT molecular complexity index is 874. The number of amides is 2. The molecule has 0 saturated carbocycles. The fourth-order valence-corrected chi connectivity index (χ4v) is 3.12. The first-order valence-electron chi connectivity index (χ1n) is 9.76. The Morgan fingerprint density at radius 3 is 2.31 bits per heavy atom. The number of piperazine rings is 1. The lowest BCUT2D eigenvalue weighted by atomic mass is 10.2. The van der Waals surface area contributed by atoms with Gasteiger partial charge in [-0.2, -0.15) is 0 Å². The lowest BCUT2D eigenvalue weighted by Gasteiger charge is -2.34. The highest BCUT2D eigenvalue weighted by atomic mass is 16.5. The number of aryl methyl sites for hydroxylation is 1. The third-order valence-electron chi connectivity index (χ3n) is 4.57. The highest BCUT2D eigenvalue weighted by molar-refractivity contribution is 6.03. The van der Waals surface area contributed by atoms with Gasteiger partial charge >= 0.3 is 0 Å². The summed E-state index contributed by atoms with van der Waals surface area (Å²) in [5.74, 6) is 1.04. The number of carbonyl (C=O) groups is 2. The molecule has 1 aromatic carbocycles. The standard InChI is InChI=1S/C21H27N5O3/c1-14(2)29-18-7-5-17(6-8-18)23-20(28)19-13-15(3)22-21(24-19)26-11-9-25(10-12-26)16(4)27/h5-8,13-14H,9-12H2,1-4H3,(H,23,28). The highest BCUT2D eigenvalue weighted by Gasteiger charge is 2.22. The summed E-state index contributed by atoms with van der Waals surface area (Å²) >= 11 is 0. The fourth-order valence-electron chi connectivity index (χ4n) is 3.12. The number of benzene rings is 1. The molecule has 2 heterocycles. The topological polar surface area (TPSA) is 87.7 Å². The van der Waals surface area contributed by atoms with Crippen LogP contribution in [0.1, 0.15) is 37.0 Å². The average molecular weight is 397 g/mol. The van der Waals surface area contributed by atoms with Crippen LogP contribution >= 0.6 is 0 Å². The number of carbonyl (C=O) groups excluding carboxylic acids is 2. The van der Waals surface area contributed by atoms with Crippen molar-refractivity contribution < 1.29 is 14.3 Å². The zero-order valence-electron chi connectivity index (χ0n) is 17.3. The van der Waals surface area contributed by atoms with Crippen molar-refractivity contribution in [2.24, 2.45) is 0 Å². The number of ether oxygens (including phenoxy) is 1. The van der Waals surface area contributed by atoms with Crippen LogP contribution in [0.15, 0.2) is 30.3 Å². The van der Waals surface area contributed by atoms with Crippen molar-refractivity contribution in [1.82, 2.24) is 14.9 Å². The second-order valence-corrected chi connectivity index (χ2v) is 7.33. The van der Waals surface area contributed by atoms with Gasteiger partial charge in [0.2, 0.25) is 11.9 Å². The minimum Gasteiger partial charge on any atom is -0.491 e. The van der Waals surface area contributed by atoms with E-state index in [9.17, 15) is 9.59 Å². The Kier molecular flexibility index (Phi) is 6.31. The van der Waals surface area contributed by atoms with Gasteiger partial charge < -0.3 is 19.9 Å². The number of nitrogens with zero attached hydrogens (tertiary/aromatic N) is 4. The first-order valence-corrected chi connectivity index (χ1v) is 9.76. The molecule has 1 saturated heterocycles. The lowest BCUT2D eigenvalue weighted by molar-refractivity contribution is -0.129. The van der Waals surface area contributed by atoms with Gasteiger partial charge in [0.25, 0.3) is 5.91 Å². The highest BCUT2D eigenvalue weighted by Crippen LogP contribution is 2.18. The van der Waals surface area contributed by atoms with E-state index < -0.39 is 0 Å². The number of hydrogen-bond acceptors (Lipinski definition) is 6. The van der Waals surface area contributed by atoms with E-state index in [0.717, 1.165) is 11.4 Å². The molecule has 0 unspecified atom stereocenters. The van der Waals surface area contributed by atoms with Crippen molar-refractivity contribution in [2.75, 3.05) is 36.4 Å². The molecule has 2 aromatic rings. The largest absolute Gasteiger partial charge is 0.491 e. The van der Waals surface area contributed by atoms with Crippen molar-refractivity contribution in [3.8, 4) is 5.75 Å². The summed E-state index contributed by atoms with van der Waals surface area (Å²) in [5, 5.41) is 2.86. The predicted octanol–water partition coefficient (Wildman–Crippen LogP) is 2.49. The van der Waals surface area contributed by atoms with Gasteiger partial charge in [-0.25, -0.2) is 9.97 Å². The molecule has 3 rings (SSSR count). The number of hydrogen-bond donors (Lipinski definition) is 1. The number of nitrogens with one attached hydrogen (secondary N) is 1. The van der Waals surface area contributed by atoms with Crippen LogP contribution in [0.3, 0.4) is 0 Å². The first kappa shape index (κ1) is 20.6. The third kappa shape index (κ3) is 5.43. The minimum absolute atomic E-state index is 0.0692. The summed E-state index contributed by atoms with van der Waals surface area (Å²) in [7, 11) is 0. The Labute approximate surface area is 170 Å². The predicted molar refractivity (Wildman–Crippen MR) is 111 cm³/mol. The summed E-state index contributed by atoms with van der Waals surface area (Å²) in [4.78, 5) is 36.9.